The molecule has 2 aromatic carbocycles. The Morgan fingerprint density at radius 1 is 1.10 bits per heavy atom. The predicted molar refractivity (Wildman–Crippen MR) is 94.1 cm³/mol. The Balaban J connectivity index is 1.98. The first-order valence-electron chi connectivity index (χ1n) is 7.53. The highest BCUT2D eigenvalue weighted by Gasteiger charge is 2.18. The number of fused-ring (bicyclic) bond motifs is 1. The van der Waals surface area contributed by atoms with E-state index in [1.165, 1.54) is 10.8 Å². The van der Waals surface area contributed by atoms with Crippen LogP contribution in [-0.2, 0) is 0 Å². The summed E-state index contributed by atoms with van der Waals surface area (Å²) in [4.78, 5) is 0. The summed E-state index contributed by atoms with van der Waals surface area (Å²) in [5.74, 6) is 0.938. The minimum Gasteiger partial charge on any atom is -0.493 e. The van der Waals surface area contributed by atoms with Crippen LogP contribution in [0.2, 0.25) is 0 Å². The third-order valence-electron chi connectivity index (χ3n) is 3.43. The first kappa shape index (κ1) is 16.3. The highest BCUT2D eigenvalue weighted by Crippen LogP contribution is 2.25. The Morgan fingerprint density at radius 3 is 2.57 bits per heavy atom. The minimum atomic E-state index is 0.129. The van der Waals surface area contributed by atoms with E-state index in [9.17, 15) is 0 Å². The summed E-state index contributed by atoms with van der Waals surface area (Å²) in [5.41, 5.74) is 0.129. The van der Waals surface area contributed by atoms with Gasteiger partial charge in [0, 0.05) is 16.4 Å². The molecule has 0 spiro atoms. The van der Waals surface area contributed by atoms with Crippen molar-refractivity contribution in [3.8, 4) is 5.75 Å². The number of hydrogen-bond donors (Lipinski definition) is 1. The third kappa shape index (κ3) is 5.01. The molecule has 0 saturated heterocycles. The summed E-state index contributed by atoms with van der Waals surface area (Å²) >= 11 is 3.50. The van der Waals surface area contributed by atoms with Gasteiger partial charge in [0.25, 0.3) is 0 Å². The van der Waals surface area contributed by atoms with Gasteiger partial charge in [0.15, 0.2) is 0 Å². The van der Waals surface area contributed by atoms with Crippen LogP contribution < -0.4 is 10.1 Å². The smallest absolute Gasteiger partial charge is 0.119 e. The van der Waals surface area contributed by atoms with E-state index in [4.69, 9.17) is 4.74 Å². The molecule has 0 bridgehead atoms. The average molecular weight is 350 g/mol. The Bertz CT molecular complexity index is 595. The monoisotopic (exact) mass is 349 g/mol. The Labute approximate surface area is 136 Å². The molecule has 0 atom stereocenters. The van der Waals surface area contributed by atoms with E-state index >= 15 is 0 Å². The molecule has 2 aromatic rings. The van der Waals surface area contributed by atoms with Gasteiger partial charge in [-0.25, -0.2) is 0 Å². The Morgan fingerprint density at radius 2 is 1.81 bits per heavy atom. The zero-order chi connectivity index (χ0) is 15.3. The summed E-state index contributed by atoms with van der Waals surface area (Å²) in [5, 5.41) is 5.89. The molecule has 21 heavy (non-hydrogen) atoms. The van der Waals surface area contributed by atoms with Gasteiger partial charge in [-0.15, -0.1) is 0 Å². The molecule has 0 amide bonds. The molecule has 0 radical (unpaired) electrons. The molecule has 0 aromatic heterocycles. The van der Waals surface area contributed by atoms with Gasteiger partial charge in [0.1, 0.15) is 5.75 Å². The maximum Gasteiger partial charge on any atom is 0.119 e. The lowest BCUT2D eigenvalue weighted by Gasteiger charge is -2.25. The third-order valence-corrected chi connectivity index (χ3v) is 3.93. The van der Waals surface area contributed by atoms with Crippen LogP contribution >= 0.6 is 15.9 Å². The molecule has 1 N–H and O–H groups in total. The zero-order valence-corrected chi connectivity index (χ0v) is 14.7. The minimum absolute atomic E-state index is 0.129. The van der Waals surface area contributed by atoms with Crippen LogP contribution in [0.1, 0.15) is 27.2 Å². The molecule has 0 heterocycles. The first-order valence-corrected chi connectivity index (χ1v) is 8.32. The van der Waals surface area contributed by atoms with Gasteiger partial charge >= 0.3 is 0 Å². The molecule has 0 fully saturated rings. The van der Waals surface area contributed by atoms with Crippen molar-refractivity contribution in [2.24, 2.45) is 5.41 Å². The largest absolute Gasteiger partial charge is 0.493 e. The van der Waals surface area contributed by atoms with Crippen LogP contribution in [0.5, 0.6) is 5.75 Å². The zero-order valence-electron chi connectivity index (χ0n) is 13.1. The number of rotatable bonds is 7. The normalized spacial score (nSPS) is 11.8. The van der Waals surface area contributed by atoms with E-state index in [-0.39, 0.29) is 5.41 Å². The van der Waals surface area contributed by atoms with Gasteiger partial charge in [-0.3, -0.25) is 0 Å². The van der Waals surface area contributed by atoms with Crippen molar-refractivity contribution in [1.29, 1.82) is 0 Å². The quantitative estimate of drug-likeness (QED) is 0.709. The lowest BCUT2D eigenvalue weighted by Crippen LogP contribution is -2.34. The molecule has 0 aliphatic heterocycles. The van der Waals surface area contributed by atoms with Gasteiger partial charge in [-0.05, 0) is 48.0 Å². The summed E-state index contributed by atoms with van der Waals surface area (Å²) in [6, 6.07) is 12.6. The van der Waals surface area contributed by atoms with Crippen molar-refractivity contribution in [3.63, 3.8) is 0 Å². The highest BCUT2D eigenvalue weighted by molar-refractivity contribution is 9.10. The number of hydrogen-bond acceptors (Lipinski definition) is 2. The van der Waals surface area contributed by atoms with Crippen LogP contribution in [-0.4, -0.2) is 19.7 Å². The Hall–Kier alpha value is -1.06. The van der Waals surface area contributed by atoms with E-state index in [2.05, 4.69) is 72.3 Å². The van der Waals surface area contributed by atoms with E-state index in [0.29, 0.717) is 6.61 Å². The topological polar surface area (TPSA) is 21.3 Å². The van der Waals surface area contributed by atoms with E-state index in [1.54, 1.807) is 0 Å². The molecule has 114 valence electrons. The number of ether oxygens (including phenoxy) is 1. The fourth-order valence-electron chi connectivity index (χ4n) is 2.22. The van der Waals surface area contributed by atoms with Crippen LogP contribution in [0.4, 0.5) is 0 Å². The maximum absolute atomic E-state index is 5.99. The fourth-order valence-corrected chi connectivity index (χ4v) is 2.60. The second kappa shape index (κ2) is 7.28. The van der Waals surface area contributed by atoms with Crippen molar-refractivity contribution in [2.75, 3.05) is 19.7 Å². The lowest BCUT2D eigenvalue weighted by molar-refractivity contribution is 0.177. The second-order valence-corrected chi connectivity index (χ2v) is 7.20. The number of halogens is 1. The van der Waals surface area contributed by atoms with Crippen molar-refractivity contribution in [1.82, 2.24) is 5.32 Å². The van der Waals surface area contributed by atoms with Crippen LogP contribution in [0.15, 0.2) is 40.9 Å². The lowest BCUT2D eigenvalue weighted by atomic mass is 9.95. The first-order chi connectivity index (χ1) is 10.00. The maximum atomic E-state index is 5.99. The fraction of sp³-hybridized carbons (Fsp3) is 0.444. The summed E-state index contributed by atoms with van der Waals surface area (Å²) < 4.78 is 7.09. The molecule has 2 nitrogen and oxygen atoms in total. The molecular weight excluding hydrogens is 326 g/mol. The van der Waals surface area contributed by atoms with Crippen LogP contribution in [0.25, 0.3) is 10.8 Å². The second-order valence-electron chi connectivity index (χ2n) is 6.28. The molecule has 0 saturated carbocycles. The summed E-state index contributed by atoms with van der Waals surface area (Å²) in [7, 11) is 0. The molecular formula is C18H24BrNO. The van der Waals surface area contributed by atoms with Gasteiger partial charge in [0.2, 0.25) is 0 Å². The highest BCUT2D eigenvalue weighted by atomic mass is 79.9. The average Bonchev–Trinajstić information content (AvgIpc) is 2.45. The molecule has 0 aliphatic rings. The van der Waals surface area contributed by atoms with Gasteiger partial charge in [0.05, 0.1) is 6.61 Å². The SMILES string of the molecule is CCCNCC(C)(C)COc1ccc2cc(Br)ccc2c1. The van der Waals surface area contributed by atoms with Gasteiger partial charge < -0.3 is 10.1 Å². The van der Waals surface area contributed by atoms with Crippen molar-refractivity contribution in [3.05, 3.63) is 40.9 Å². The van der Waals surface area contributed by atoms with Crippen molar-refractivity contribution >= 4 is 26.7 Å². The van der Waals surface area contributed by atoms with Crippen LogP contribution in [0, 0.1) is 5.41 Å². The molecule has 0 aliphatic carbocycles. The summed E-state index contributed by atoms with van der Waals surface area (Å²) in [6.07, 6.45) is 1.16. The standard InChI is InChI=1S/C18H24BrNO/c1-4-9-20-12-18(2,3)13-21-17-8-6-14-10-16(19)7-5-15(14)11-17/h5-8,10-11,20H,4,9,12-13H2,1-3H3. The van der Waals surface area contributed by atoms with Crippen LogP contribution in [0.3, 0.4) is 0 Å². The Kier molecular flexibility index (Phi) is 5.65. The van der Waals surface area contributed by atoms with Crippen molar-refractivity contribution < 1.29 is 4.74 Å². The summed E-state index contributed by atoms with van der Waals surface area (Å²) in [6.45, 7) is 9.40. The molecule has 2 rings (SSSR count). The van der Waals surface area contributed by atoms with Gasteiger partial charge in [-0.1, -0.05) is 48.8 Å². The molecule has 3 heteroatoms. The van der Waals surface area contributed by atoms with E-state index in [0.717, 1.165) is 29.7 Å². The molecule has 0 unspecified atom stereocenters. The van der Waals surface area contributed by atoms with E-state index < -0.39 is 0 Å². The predicted octanol–water partition coefficient (Wildman–Crippen LogP) is 5.01. The number of benzene rings is 2. The number of nitrogens with one attached hydrogen (secondary N) is 1. The van der Waals surface area contributed by atoms with Crippen molar-refractivity contribution in [2.45, 2.75) is 27.2 Å². The van der Waals surface area contributed by atoms with Gasteiger partial charge in [-0.2, -0.15) is 0 Å². The van der Waals surface area contributed by atoms with E-state index in [1.807, 2.05) is 6.07 Å².